The highest BCUT2D eigenvalue weighted by molar-refractivity contribution is 5.94. The zero-order valence-electron chi connectivity index (χ0n) is 15.1. The molecule has 0 unspecified atom stereocenters. The van der Waals surface area contributed by atoms with E-state index in [2.05, 4.69) is 15.5 Å². The van der Waals surface area contributed by atoms with Crippen molar-refractivity contribution in [2.45, 2.75) is 38.8 Å². The Labute approximate surface area is 157 Å². The molecule has 138 valence electrons. The second kappa shape index (κ2) is 7.61. The summed E-state index contributed by atoms with van der Waals surface area (Å²) < 4.78 is 11.1. The first kappa shape index (κ1) is 17.3. The normalized spacial score (nSPS) is 13.8. The van der Waals surface area contributed by atoms with Crippen molar-refractivity contribution >= 4 is 5.91 Å². The van der Waals surface area contributed by atoms with Crippen molar-refractivity contribution in [2.24, 2.45) is 0 Å². The van der Waals surface area contributed by atoms with E-state index in [1.54, 1.807) is 18.3 Å². The standard InChI is InChI=1S/C21H21N3O3/c1-14-18(20(24-27-14)15-6-3-2-4-7-15)13-26-19-11-10-16(12-22-19)21(25)23-17-8-5-9-17/h2-4,6-7,10-12,17H,5,8-9,13H2,1H3,(H,23,25). The monoisotopic (exact) mass is 363 g/mol. The molecule has 0 aliphatic heterocycles. The number of pyridine rings is 1. The Morgan fingerprint density at radius 1 is 1.22 bits per heavy atom. The summed E-state index contributed by atoms with van der Waals surface area (Å²) in [6.07, 6.45) is 4.84. The SMILES string of the molecule is Cc1onc(-c2ccccc2)c1COc1ccc(C(=O)NC2CCC2)cn1. The first-order chi connectivity index (χ1) is 13.2. The minimum atomic E-state index is -0.0833. The maximum atomic E-state index is 12.1. The van der Waals surface area contributed by atoms with E-state index in [9.17, 15) is 4.79 Å². The Hall–Kier alpha value is -3.15. The molecular formula is C21H21N3O3. The lowest BCUT2D eigenvalue weighted by Crippen LogP contribution is -2.39. The molecule has 4 rings (SSSR count). The lowest BCUT2D eigenvalue weighted by Gasteiger charge is -2.26. The molecule has 0 bridgehead atoms. The van der Waals surface area contributed by atoms with Gasteiger partial charge in [0.05, 0.1) is 11.1 Å². The summed E-state index contributed by atoms with van der Waals surface area (Å²) in [4.78, 5) is 16.4. The first-order valence-electron chi connectivity index (χ1n) is 9.11. The number of nitrogens with zero attached hydrogens (tertiary/aromatic N) is 2. The third-order valence-corrected chi connectivity index (χ3v) is 4.84. The Balaban J connectivity index is 1.42. The number of benzene rings is 1. The van der Waals surface area contributed by atoms with E-state index in [4.69, 9.17) is 9.26 Å². The second-order valence-electron chi connectivity index (χ2n) is 6.71. The van der Waals surface area contributed by atoms with E-state index in [-0.39, 0.29) is 5.91 Å². The number of nitrogens with one attached hydrogen (secondary N) is 1. The number of rotatable bonds is 6. The van der Waals surface area contributed by atoms with Gasteiger partial charge in [-0.1, -0.05) is 35.5 Å². The molecule has 1 fully saturated rings. The molecule has 1 aliphatic rings. The van der Waals surface area contributed by atoms with E-state index in [0.717, 1.165) is 29.7 Å². The van der Waals surface area contributed by atoms with Gasteiger partial charge in [-0.2, -0.15) is 0 Å². The molecule has 3 aromatic rings. The van der Waals surface area contributed by atoms with Crippen molar-refractivity contribution in [3.63, 3.8) is 0 Å². The average molecular weight is 363 g/mol. The zero-order valence-corrected chi connectivity index (χ0v) is 15.1. The van der Waals surface area contributed by atoms with Crippen molar-refractivity contribution in [2.75, 3.05) is 0 Å². The molecule has 0 atom stereocenters. The summed E-state index contributed by atoms with van der Waals surface area (Å²) in [7, 11) is 0. The lowest BCUT2D eigenvalue weighted by molar-refractivity contribution is 0.0916. The number of carbonyl (C=O) groups is 1. The summed E-state index contributed by atoms with van der Waals surface area (Å²) in [5, 5.41) is 7.15. The second-order valence-corrected chi connectivity index (χ2v) is 6.71. The van der Waals surface area contributed by atoms with Crippen molar-refractivity contribution in [3.8, 4) is 17.1 Å². The number of amides is 1. The summed E-state index contributed by atoms with van der Waals surface area (Å²) in [6.45, 7) is 2.15. The van der Waals surface area contributed by atoms with Crippen LogP contribution in [0.5, 0.6) is 5.88 Å². The summed E-state index contributed by atoms with van der Waals surface area (Å²) in [5.41, 5.74) is 3.17. The number of aromatic nitrogens is 2. The third-order valence-electron chi connectivity index (χ3n) is 4.84. The van der Waals surface area contributed by atoms with Crippen molar-refractivity contribution in [3.05, 3.63) is 65.5 Å². The highest BCUT2D eigenvalue weighted by atomic mass is 16.5. The Morgan fingerprint density at radius 2 is 2.04 bits per heavy atom. The van der Waals surface area contributed by atoms with E-state index in [0.29, 0.717) is 29.9 Å². The van der Waals surface area contributed by atoms with Crippen LogP contribution in [-0.4, -0.2) is 22.1 Å². The Bertz CT molecular complexity index is 916. The average Bonchev–Trinajstić information content (AvgIpc) is 3.04. The molecule has 1 amide bonds. The van der Waals surface area contributed by atoms with Crippen LogP contribution < -0.4 is 10.1 Å². The Morgan fingerprint density at radius 3 is 2.70 bits per heavy atom. The van der Waals surface area contributed by atoms with Gasteiger partial charge in [0.25, 0.3) is 5.91 Å². The highest BCUT2D eigenvalue weighted by Crippen LogP contribution is 2.26. The van der Waals surface area contributed by atoms with Crippen molar-refractivity contribution < 1.29 is 14.1 Å². The van der Waals surface area contributed by atoms with Gasteiger partial charge in [-0.3, -0.25) is 4.79 Å². The zero-order chi connectivity index (χ0) is 18.6. The number of ether oxygens (including phenoxy) is 1. The quantitative estimate of drug-likeness (QED) is 0.718. The molecule has 0 radical (unpaired) electrons. The molecule has 1 aliphatic carbocycles. The topological polar surface area (TPSA) is 77.2 Å². The van der Waals surface area contributed by atoms with Gasteiger partial charge in [-0.15, -0.1) is 0 Å². The van der Waals surface area contributed by atoms with Gasteiger partial charge in [0.2, 0.25) is 5.88 Å². The fourth-order valence-electron chi connectivity index (χ4n) is 2.95. The van der Waals surface area contributed by atoms with Crippen LogP contribution in [0.1, 0.15) is 40.9 Å². The maximum absolute atomic E-state index is 12.1. The van der Waals surface area contributed by atoms with E-state index < -0.39 is 0 Å². The van der Waals surface area contributed by atoms with E-state index >= 15 is 0 Å². The fourth-order valence-corrected chi connectivity index (χ4v) is 2.95. The molecule has 6 heteroatoms. The number of carbonyl (C=O) groups excluding carboxylic acids is 1. The molecule has 2 aromatic heterocycles. The minimum absolute atomic E-state index is 0.0833. The third kappa shape index (κ3) is 3.84. The largest absolute Gasteiger partial charge is 0.473 e. The molecule has 1 aromatic carbocycles. The van der Waals surface area contributed by atoms with Crippen LogP contribution >= 0.6 is 0 Å². The van der Waals surface area contributed by atoms with Gasteiger partial charge in [0, 0.05) is 23.9 Å². The predicted octanol–water partition coefficient (Wildman–Crippen LogP) is 3.91. The van der Waals surface area contributed by atoms with Crippen LogP contribution in [-0.2, 0) is 6.61 Å². The van der Waals surface area contributed by atoms with Crippen LogP contribution in [0.15, 0.2) is 53.2 Å². The first-order valence-corrected chi connectivity index (χ1v) is 9.11. The van der Waals surface area contributed by atoms with Gasteiger partial charge in [0.1, 0.15) is 18.1 Å². The van der Waals surface area contributed by atoms with Gasteiger partial charge < -0.3 is 14.6 Å². The van der Waals surface area contributed by atoms with Crippen LogP contribution in [0.25, 0.3) is 11.3 Å². The molecule has 27 heavy (non-hydrogen) atoms. The van der Waals surface area contributed by atoms with Gasteiger partial charge >= 0.3 is 0 Å². The lowest BCUT2D eigenvalue weighted by atomic mass is 9.93. The number of hydrogen-bond donors (Lipinski definition) is 1. The Kier molecular flexibility index (Phi) is 4.87. The van der Waals surface area contributed by atoms with Gasteiger partial charge in [-0.05, 0) is 32.3 Å². The molecule has 0 spiro atoms. The molecule has 2 heterocycles. The van der Waals surface area contributed by atoms with Crippen molar-refractivity contribution in [1.29, 1.82) is 0 Å². The van der Waals surface area contributed by atoms with Crippen LogP contribution in [0.3, 0.4) is 0 Å². The molecule has 1 N–H and O–H groups in total. The van der Waals surface area contributed by atoms with E-state index in [1.807, 2.05) is 37.3 Å². The van der Waals surface area contributed by atoms with Crippen LogP contribution in [0.2, 0.25) is 0 Å². The maximum Gasteiger partial charge on any atom is 0.253 e. The predicted molar refractivity (Wildman–Crippen MR) is 100 cm³/mol. The van der Waals surface area contributed by atoms with Crippen molar-refractivity contribution in [1.82, 2.24) is 15.5 Å². The van der Waals surface area contributed by atoms with E-state index in [1.165, 1.54) is 6.42 Å². The summed E-state index contributed by atoms with van der Waals surface area (Å²) in [6, 6.07) is 13.6. The minimum Gasteiger partial charge on any atom is -0.473 e. The number of hydrogen-bond acceptors (Lipinski definition) is 5. The summed E-state index contributed by atoms with van der Waals surface area (Å²) in [5.74, 6) is 1.08. The highest BCUT2D eigenvalue weighted by Gasteiger charge is 2.20. The fraction of sp³-hybridized carbons (Fsp3) is 0.286. The molecule has 1 saturated carbocycles. The summed E-state index contributed by atoms with van der Waals surface area (Å²) >= 11 is 0. The van der Waals surface area contributed by atoms with Gasteiger partial charge in [0.15, 0.2) is 0 Å². The van der Waals surface area contributed by atoms with Crippen LogP contribution in [0.4, 0.5) is 0 Å². The number of aryl methyl sites for hydroxylation is 1. The molecular weight excluding hydrogens is 342 g/mol. The molecule has 6 nitrogen and oxygen atoms in total. The van der Waals surface area contributed by atoms with Gasteiger partial charge in [-0.25, -0.2) is 4.98 Å². The molecule has 0 saturated heterocycles. The smallest absolute Gasteiger partial charge is 0.253 e. The van der Waals surface area contributed by atoms with Crippen LogP contribution in [0, 0.1) is 6.92 Å².